The fourth-order valence-corrected chi connectivity index (χ4v) is 4.06. The first-order valence-corrected chi connectivity index (χ1v) is 9.67. The number of ether oxygens (including phenoxy) is 3. The van der Waals surface area contributed by atoms with Crippen LogP contribution >= 0.6 is 0 Å². The molecule has 5 nitrogen and oxygen atoms in total. The van der Waals surface area contributed by atoms with Crippen molar-refractivity contribution in [3.8, 4) is 17.2 Å². The van der Waals surface area contributed by atoms with Crippen LogP contribution in [0.25, 0.3) is 0 Å². The molecule has 2 atom stereocenters. The van der Waals surface area contributed by atoms with Crippen molar-refractivity contribution in [1.82, 2.24) is 5.01 Å². The summed E-state index contributed by atoms with van der Waals surface area (Å²) in [6, 6.07) is 24.5. The highest BCUT2D eigenvalue weighted by molar-refractivity contribution is 6.02. The molecule has 0 N–H and O–H groups in total. The second-order valence-corrected chi connectivity index (χ2v) is 7.14. The third-order valence-corrected chi connectivity index (χ3v) is 5.50. The molecule has 5 heteroatoms. The molecule has 0 aromatic heterocycles. The summed E-state index contributed by atoms with van der Waals surface area (Å²) >= 11 is 0. The van der Waals surface area contributed by atoms with Gasteiger partial charge in [-0.25, -0.2) is 5.01 Å². The molecule has 2 aliphatic heterocycles. The van der Waals surface area contributed by atoms with Gasteiger partial charge in [-0.15, -0.1) is 0 Å². The highest BCUT2D eigenvalue weighted by atomic mass is 16.5. The number of hydrazone groups is 1. The van der Waals surface area contributed by atoms with Crippen LogP contribution in [0, 0.1) is 0 Å². The summed E-state index contributed by atoms with van der Waals surface area (Å²) in [5.41, 5.74) is 4.29. The normalized spacial score (nSPS) is 19.7. The van der Waals surface area contributed by atoms with E-state index >= 15 is 0 Å². The number of fused-ring (bicyclic) bond motifs is 3. The SMILES string of the molecule is COc1ccc(C2=NN3C(C2)c2ccccc2OC3c2ccccc2)cc1OC. The molecule has 0 saturated carbocycles. The monoisotopic (exact) mass is 386 g/mol. The number of rotatable bonds is 4. The van der Waals surface area contributed by atoms with Gasteiger partial charge in [0.25, 0.3) is 0 Å². The maximum atomic E-state index is 6.37. The number of hydrogen-bond donors (Lipinski definition) is 0. The summed E-state index contributed by atoms with van der Waals surface area (Å²) in [6.07, 6.45) is 0.549. The van der Waals surface area contributed by atoms with E-state index < -0.39 is 0 Å². The molecule has 0 radical (unpaired) electrons. The molecule has 3 aromatic rings. The summed E-state index contributed by atoms with van der Waals surface area (Å²) in [5, 5.41) is 7.08. The van der Waals surface area contributed by atoms with Crippen molar-refractivity contribution in [3.63, 3.8) is 0 Å². The minimum absolute atomic E-state index is 0.133. The Hall–Kier alpha value is -3.47. The second kappa shape index (κ2) is 7.17. The van der Waals surface area contributed by atoms with Crippen LogP contribution in [-0.4, -0.2) is 24.9 Å². The Labute approximate surface area is 170 Å². The number of para-hydroxylation sites is 1. The number of benzene rings is 3. The van der Waals surface area contributed by atoms with E-state index in [-0.39, 0.29) is 12.3 Å². The summed E-state index contributed by atoms with van der Waals surface area (Å²) in [6.45, 7) is 0. The van der Waals surface area contributed by atoms with E-state index in [0.29, 0.717) is 11.5 Å². The third kappa shape index (κ3) is 2.99. The molecule has 0 aliphatic carbocycles. The average molecular weight is 386 g/mol. The quantitative estimate of drug-likeness (QED) is 0.637. The smallest absolute Gasteiger partial charge is 0.213 e. The minimum Gasteiger partial charge on any atom is -0.493 e. The van der Waals surface area contributed by atoms with E-state index in [1.165, 1.54) is 5.56 Å². The molecule has 5 rings (SSSR count). The van der Waals surface area contributed by atoms with Crippen molar-refractivity contribution in [2.45, 2.75) is 18.7 Å². The maximum Gasteiger partial charge on any atom is 0.213 e. The van der Waals surface area contributed by atoms with E-state index in [9.17, 15) is 0 Å². The van der Waals surface area contributed by atoms with Gasteiger partial charge in [0.1, 0.15) is 5.75 Å². The second-order valence-electron chi connectivity index (χ2n) is 7.14. The standard InChI is InChI=1S/C24H22N2O3/c1-27-22-13-12-17(14-23(22)28-2)19-15-20-18-10-6-7-11-21(18)29-24(26(20)25-19)16-8-4-3-5-9-16/h3-14,20,24H,15H2,1-2H3. The zero-order valence-corrected chi connectivity index (χ0v) is 16.4. The molecular weight excluding hydrogens is 364 g/mol. The van der Waals surface area contributed by atoms with E-state index in [1.54, 1.807) is 14.2 Å². The Morgan fingerprint density at radius 1 is 0.897 bits per heavy atom. The van der Waals surface area contributed by atoms with Gasteiger partial charge in [0.05, 0.1) is 26.0 Å². The lowest BCUT2D eigenvalue weighted by Crippen LogP contribution is -2.33. The van der Waals surface area contributed by atoms with Gasteiger partial charge in [-0.1, -0.05) is 48.5 Å². The first kappa shape index (κ1) is 17.6. The maximum absolute atomic E-state index is 6.37. The van der Waals surface area contributed by atoms with Crippen LogP contribution < -0.4 is 14.2 Å². The molecule has 0 fully saturated rings. The Bertz CT molecular complexity index is 1060. The summed E-state index contributed by atoms with van der Waals surface area (Å²) in [4.78, 5) is 0. The summed E-state index contributed by atoms with van der Waals surface area (Å²) in [7, 11) is 3.29. The molecule has 0 spiro atoms. The van der Waals surface area contributed by atoms with E-state index in [1.807, 2.05) is 48.5 Å². The van der Waals surface area contributed by atoms with E-state index in [2.05, 4.69) is 29.3 Å². The van der Waals surface area contributed by atoms with Gasteiger partial charge < -0.3 is 14.2 Å². The highest BCUT2D eigenvalue weighted by Gasteiger charge is 2.40. The Morgan fingerprint density at radius 3 is 2.45 bits per heavy atom. The van der Waals surface area contributed by atoms with Crippen molar-refractivity contribution in [2.75, 3.05) is 14.2 Å². The van der Waals surface area contributed by atoms with Gasteiger partial charge in [0.2, 0.25) is 6.23 Å². The van der Waals surface area contributed by atoms with Gasteiger partial charge in [0.15, 0.2) is 11.5 Å². The molecule has 0 saturated heterocycles. The van der Waals surface area contributed by atoms with Crippen molar-refractivity contribution in [3.05, 3.63) is 89.5 Å². The fraction of sp³-hybridized carbons (Fsp3) is 0.208. The van der Waals surface area contributed by atoms with Crippen LogP contribution in [0.2, 0.25) is 0 Å². The summed E-state index contributed by atoms with van der Waals surface area (Å²) < 4.78 is 17.2. The molecule has 2 unspecified atom stereocenters. The molecule has 0 bridgehead atoms. The predicted molar refractivity (Wildman–Crippen MR) is 112 cm³/mol. The highest BCUT2D eigenvalue weighted by Crippen LogP contribution is 2.47. The third-order valence-electron chi connectivity index (χ3n) is 5.50. The number of hydrogen-bond acceptors (Lipinski definition) is 5. The van der Waals surface area contributed by atoms with Crippen molar-refractivity contribution in [1.29, 1.82) is 0 Å². The van der Waals surface area contributed by atoms with Crippen LogP contribution in [0.5, 0.6) is 17.2 Å². The first-order valence-electron chi connectivity index (χ1n) is 9.67. The van der Waals surface area contributed by atoms with Crippen LogP contribution in [0.3, 0.4) is 0 Å². The van der Waals surface area contributed by atoms with E-state index in [0.717, 1.165) is 29.0 Å². The summed E-state index contributed by atoms with van der Waals surface area (Å²) in [5.74, 6) is 2.34. The largest absolute Gasteiger partial charge is 0.493 e. The lowest BCUT2D eigenvalue weighted by atomic mass is 9.96. The van der Waals surface area contributed by atoms with Crippen LogP contribution in [0.1, 0.15) is 35.4 Å². The van der Waals surface area contributed by atoms with Gasteiger partial charge in [0, 0.05) is 23.1 Å². The minimum atomic E-state index is -0.256. The lowest BCUT2D eigenvalue weighted by Gasteiger charge is -2.38. The molecule has 2 heterocycles. The molecule has 0 amide bonds. The Kier molecular flexibility index (Phi) is 4.35. The lowest BCUT2D eigenvalue weighted by molar-refractivity contribution is -0.0190. The zero-order chi connectivity index (χ0) is 19.8. The van der Waals surface area contributed by atoms with Crippen molar-refractivity contribution < 1.29 is 14.2 Å². The molecular formula is C24H22N2O3. The fourth-order valence-electron chi connectivity index (χ4n) is 4.06. The average Bonchev–Trinajstić information content (AvgIpc) is 3.24. The van der Waals surface area contributed by atoms with Gasteiger partial charge in [-0.05, 0) is 24.3 Å². The number of nitrogens with zero attached hydrogens (tertiary/aromatic N) is 2. The molecule has 29 heavy (non-hydrogen) atoms. The number of methoxy groups -OCH3 is 2. The van der Waals surface area contributed by atoms with Gasteiger partial charge in [-0.3, -0.25) is 0 Å². The van der Waals surface area contributed by atoms with Crippen molar-refractivity contribution in [2.24, 2.45) is 5.10 Å². The Balaban J connectivity index is 1.57. The van der Waals surface area contributed by atoms with Crippen LogP contribution in [0.4, 0.5) is 0 Å². The topological polar surface area (TPSA) is 43.3 Å². The molecule has 146 valence electrons. The zero-order valence-electron chi connectivity index (χ0n) is 16.4. The molecule has 3 aromatic carbocycles. The van der Waals surface area contributed by atoms with E-state index in [4.69, 9.17) is 19.3 Å². The van der Waals surface area contributed by atoms with Crippen LogP contribution in [-0.2, 0) is 0 Å². The van der Waals surface area contributed by atoms with Gasteiger partial charge in [-0.2, -0.15) is 5.10 Å². The Morgan fingerprint density at radius 2 is 1.66 bits per heavy atom. The molecule has 2 aliphatic rings. The van der Waals surface area contributed by atoms with Gasteiger partial charge >= 0.3 is 0 Å². The predicted octanol–water partition coefficient (Wildman–Crippen LogP) is 4.95. The van der Waals surface area contributed by atoms with Crippen LogP contribution in [0.15, 0.2) is 77.9 Å². The van der Waals surface area contributed by atoms with Crippen molar-refractivity contribution >= 4 is 5.71 Å². The first-order chi connectivity index (χ1) is 14.3.